The summed E-state index contributed by atoms with van der Waals surface area (Å²) in [7, 11) is 2.17. The van der Waals surface area contributed by atoms with Crippen LogP contribution < -0.4 is 5.32 Å². The van der Waals surface area contributed by atoms with Gasteiger partial charge in [-0.2, -0.15) is 0 Å². The highest BCUT2D eigenvalue weighted by Crippen LogP contribution is 2.44. The smallest absolute Gasteiger partial charge is 0.0673 e. The lowest BCUT2D eigenvalue weighted by Crippen LogP contribution is -2.32. The van der Waals surface area contributed by atoms with Crippen molar-refractivity contribution in [2.24, 2.45) is 7.05 Å². The number of hydrogen-bond acceptors (Lipinski definition) is 2. The van der Waals surface area contributed by atoms with Crippen molar-refractivity contribution in [3.8, 4) is 0 Å². The molecule has 0 radical (unpaired) electrons. The van der Waals surface area contributed by atoms with Crippen LogP contribution in [0.25, 0.3) is 10.9 Å². The van der Waals surface area contributed by atoms with E-state index >= 15 is 0 Å². The lowest BCUT2D eigenvalue weighted by molar-refractivity contribution is 0.503. The standard InChI is InChI=1S/C20H19ClN2S/c1-23-18-9-12-7-8-17(22-12)19(18)15-10-14(11-16(21)20(15)23)24-13-5-3-2-4-6-13/h2-6,10-12,17,22H,7-9H2,1H3. The maximum Gasteiger partial charge on any atom is 0.0673 e. The number of aromatic nitrogens is 1. The molecule has 1 aromatic heterocycles. The summed E-state index contributed by atoms with van der Waals surface area (Å²) in [4.78, 5) is 2.46. The Morgan fingerprint density at radius 2 is 1.96 bits per heavy atom. The normalized spacial score (nSPS) is 22.1. The van der Waals surface area contributed by atoms with E-state index in [4.69, 9.17) is 11.6 Å². The number of nitrogens with zero attached hydrogens (tertiary/aromatic N) is 1. The van der Waals surface area contributed by atoms with Gasteiger partial charge in [0.1, 0.15) is 0 Å². The Morgan fingerprint density at radius 3 is 2.79 bits per heavy atom. The van der Waals surface area contributed by atoms with Gasteiger partial charge in [0.05, 0.1) is 10.5 Å². The number of nitrogens with one attached hydrogen (secondary N) is 1. The third-order valence-electron chi connectivity index (χ3n) is 5.39. The highest BCUT2D eigenvalue weighted by molar-refractivity contribution is 7.99. The van der Waals surface area contributed by atoms with Crippen molar-refractivity contribution in [2.75, 3.05) is 0 Å². The minimum atomic E-state index is 0.496. The van der Waals surface area contributed by atoms with Gasteiger partial charge >= 0.3 is 0 Å². The molecule has 2 nitrogen and oxygen atoms in total. The first-order valence-electron chi connectivity index (χ1n) is 8.50. The first-order chi connectivity index (χ1) is 11.7. The zero-order valence-corrected chi connectivity index (χ0v) is 15.1. The molecule has 2 aliphatic rings. The summed E-state index contributed by atoms with van der Waals surface area (Å²) in [5, 5.41) is 5.97. The van der Waals surface area contributed by atoms with Crippen LogP contribution in [0.2, 0.25) is 5.02 Å². The molecule has 24 heavy (non-hydrogen) atoms. The molecule has 3 heterocycles. The second-order valence-corrected chi connectivity index (χ2v) is 8.39. The third kappa shape index (κ3) is 2.22. The van der Waals surface area contributed by atoms with Gasteiger partial charge in [-0.3, -0.25) is 0 Å². The summed E-state index contributed by atoms with van der Waals surface area (Å²) >= 11 is 8.48. The van der Waals surface area contributed by atoms with Gasteiger partial charge < -0.3 is 9.88 Å². The minimum absolute atomic E-state index is 0.496. The van der Waals surface area contributed by atoms with Crippen molar-refractivity contribution < 1.29 is 0 Å². The molecular weight excluding hydrogens is 336 g/mol. The molecule has 0 saturated carbocycles. The Balaban J connectivity index is 1.68. The molecule has 2 atom stereocenters. The van der Waals surface area contributed by atoms with Crippen molar-refractivity contribution in [2.45, 2.75) is 41.1 Å². The van der Waals surface area contributed by atoms with Crippen LogP contribution in [-0.4, -0.2) is 10.6 Å². The molecule has 2 unspecified atom stereocenters. The van der Waals surface area contributed by atoms with Crippen LogP contribution in [-0.2, 0) is 13.5 Å². The lowest BCUT2D eigenvalue weighted by atomic mass is 9.99. The van der Waals surface area contributed by atoms with Crippen molar-refractivity contribution in [3.05, 3.63) is 58.7 Å². The van der Waals surface area contributed by atoms with E-state index in [9.17, 15) is 0 Å². The number of aryl methyl sites for hydroxylation is 1. The Bertz CT molecular complexity index is 932. The Labute approximate surface area is 151 Å². The third-order valence-corrected chi connectivity index (χ3v) is 6.65. The van der Waals surface area contributed by atoms with Crippen molar-refractivity contribution in [1.82, 2.24) is 9.88 Å². The van der Waals surface area contributed by atoms with Crippen molar-refractivity contribution >= 4 is 34.3 Å². The van der Waals surface area contributed by atoms with Crippen LogP contribution in [0, 0.1) is 0 Å². The highest BCUT2D eigenvalue weighted by Gasteiger charge is 2.36. The Hall–Kier alpha value is -1.42. The molecule has 0 aliphatic carbocycles. The molecule has 2 aliphatic heterocycles. The summed E-state index contributed by atoms with van der Waals surface area (Å²) in [6.07, 6.45) is 3.64. The summed E-state index contributed by atoms with van der Waals surface area (Å²) in [6.45, 7) is 0. The number of rotatable bonds is 2. The molecular formula is C20H19ClN2S. The number of benzene rings is 2. The van der Waals surface area contributed by atoms with Gasteiger partial charge in [-0.15, -0.1) is 0 Å². The van der Waals surface area contributed by atoms with Gasteiger partial charge in [0.25, 0.3) is 0 Å². The van der Waals surface area contributed by atoms with E-state index in [0.717, 1.165) is 11.4 Å². The zero-order chi connectivity index (χ0) is 16.3. The number of fused-ring (bicyclic) bond motifs is 6. The quantitative estimate of drug-likeness (QED) is 0.669. The van der Waals surface area contributed by atoms with Crippen molar-refractivity contribution in [1.29, 1.82) is 0 Å². The average Bonchev–Trinajstić information content (AvgIpc) is 3.08. The number of halogens is 1. The van der Waals surface area contributed by atoms with Crippen molar-refractivity contribution in [3.63, 3.8) is 0 Å². The number of hydrogen-bond donors (Lipinski definition) is 1. The van der Waals surface area contributed by atoms with E-state index in [1.54, 1.807) is 11.8 Å². The van der Waals surface area contributed by atoms with Gasteiger partial charge in [-0.25, -0.2) is 0 Å². The van der Waals surface area contributed by atoms with Gasteiger partial charge in [0, 0.05) is 46.4 Å². The predicted octanol–water partition coefficient (Wildman–Crippen LogP) is 5.33. The topological polar surface area (TPSA) is 17.0 Å². The van der Waals surface area contributed by atoms with Crippen LogP contribution in [0.5, 0.6) is 0 Å². The maximum atomic E-state index is 6.70. The molecule has 2 bridgehead atoms. The fourth-order valence-corrected chi connectivity index (χ4v) is 5.68. The predicted molar refractivity (Wildman–Crippen MR) is 101 cm³/mol. The van der Waals surface area contributed by atoms with E-state index in [0.29, 0.717) is 12.1 Å². The van der Waals surface area contributed by atoms with Crippen LogP contribution in [0.4, 0.5) is 0 Å². The average molecular weight is 355 g/mol. The molecule has 4 heteroatoms. The summed E-state index contributed by atoms with van der Waals surface area (Å²) in [5.74, 6) is 0. The SMILES string of the molecule is Cn1c2c(c3cc(Sc4ccccc4)cc(Cl)c31)C1CCC(C2)N1. The second-order valence-electron chi connectivity index (χ2n) is 6.83. The molecule has 5 rings (SSSR count). The molecule has 1 N–H and O–H groups in total. The summed E-state index contributed by atoms with van der Waals surface area (Å²) < 4.78 is 2.33. The molecule has 122 valence electrons. The highest BCUT2D eigenvalue weighted by atomic mass is 35.5. The molecule has 1 fully saturated rings. The zero-order valence-electron chi connectivity index (χ0n) is 13.6. The Morgan fingerprint density at radius 1 is 1.12 bits per heavy atom. The summed E-state index contributed by atoms with van der Waals surface area (Å²) in [5.41, 5.74) is 4.15. The largest absolute Gasteiger partial charge is 0.346 e. The van der Waals surface area contributed by atoms with Crippen LogP contribution in [0.3, 0.4) is 0 Å². The molecule has 0 amide bonds. The first-order valence-corrected chi connectivity index (χ1v) is 9.70. The van der Waals surface area contributed by atoms with E-state index in [1.165, 1.54) is 44.8 Å². The molecule has 2 aromatic carbocycles. The van der Waals surface area contributed by atoms with E-state index < -0.39 is 0 Å². The van der Waals surface area contributed by atoms with Crippen LogP contribution >= 0.6 is 23.4 Å². The van der Waals surface area contributed by atoms with Crippen LogP contribution in [0.1, 0.15) is 30.1 Å². The van der Waals surface area contributed by atoms with Crippen LogP contribution in [0.15, 0.2) is 52.3 Å². The Kier molecular flexibility index (Phi) is 3.44. The monoisotopic (exact) mass is 354 g/mol. The van der Waals surface area contributed by atoms with Gasteiger partial charge in [0.15, 0.2) is 0 Å². The minimum Gasteiger partial charge on any atom is -0.346 e. The molecule has 1 saturated heterocycles. The van der Waals surface area contributed by atoms with E-state index in [2.05, 4.69) is 59.4 Å². The molecule has 3 aromatic rings. The van der Waals surface area contributed by atoms with E-state index in [-0.39, 0.29) is 0 Å². The fraction of sp³-hybridized carbons (Fsp3) is 0.300. The van der Waals surface area contributed by atoms with Gasteiger partial charge in [0.2, 0.25) is 0 Å². The first kappa shape index (κ1) is 14.9. The maximum absolute atomic E-state index is 6.70. The fourth-order valence-electron chi connectivity index (χ4n) is 4.35. The lowest BCUT2D eigenvalue weighted by Gasteiger charge is -2.23. The van der Waals surface area contributed by atoms with Gasteiger partial charge in [-0.05, 0) is 42.7 Å². The van der Waals surface area contributed by atoms with Gasteiger partial charge in [-0.1, -0.05) is 41.6 Å². The summed E-state index contributed by atoms with van der Waals surface area (Å²) in [6, 6.07) is 16.1. The molecule has 0 spiro atoms. The van der Waals surface area contributed by atoms with E-state index in [1.807, 2.05) is 0 Å². The second kappa shape index (κ2) is 5.55.